The van der Waals surface area contributed by atoms with Gasteiger partial charge in [-0.1, -0.05) is 55.4 Å². The number of ether oxygens (including phenoxy) is 6. The number of methoxy groups -OCH3 is 2. The number of carbonyl (C=O) groups is 3. The van der Waals surface area contributed by atoms with Crippen LogP contribution in [-0.2, 0) is 39.8 Å². The summed E-state index contributed by atoms with van der Waals surface area (Å²) >= 11 is 0. The Hall–Kier alpha value is -4.65. The number of esters is 3. The number of allylic oxidation sites excluding steroid dienone is 9. The van der Waals surface area contributed by atoms with Crippen LogP contribution < -0.4 is 9.47 Å². The highest BCUT2D eigenvalue weighted by Crippen LogP contribution is 2.57. The largest absolute Gasteiger partial charge is 0.497 e. The Balaban J connectivity index is 1.24. The lowest BCUT2D eigenvalue weighted by atomic mass is 9.72. The molecule has 0 amide bonds. The van der Waals surface area contributed by atoms with E-state index < -0.39 is 59.3 Å². The average Bonchev–Trinajstić information content (AvgIpc) is 3.84. The van der Waals surface area contributed by atoms with E-state index in [0.717, 1.165) is 28.7 Å². The van der Waals surface area contributed by atoms with Gasteiger partial charge in [-0.2, -0.15) is 0 Å². The molecule has 5 aliphatic rings. The summed E-state index contributed by atoms with van der Waals surface area (Å²) in [6.07, 6.45) is 16.3. The molecule has 0 aromatic heterocycles. The van der Waals surface area contributed by atoms with Crippen molar-refractivity contribution in [1.82, 2.24) is 4.90 Å². The van der Waals surface area contributed by atoms with Crippen LogP contribution in [0.5, 0.6) is 11.5 Å². The fraction of sp³-hybridized carbons (Fsp3) is 0.562. The highest BCUT2D eigenvalue weighted by Gasteiger charge is 2.62. The molecule has 326 valence electrons. The molecule has 2 N–H and O–H groups in total. The van der Waals surface area contributed by atoms with Crippen molar-refractivity contribution >= 4 is 17.9 Å². The third-order valence-electron chi connectivity index (χ3n) is 12.8. The molecule has 1 fully saturated rings. The number of hydrogen-bond donors (Lipinski definition) is 2. The van der Waals surface area contributed by atoms with Gasteiger partial charge in [0, 0.05) is 19.0 Å². The maximum absolute atomic E-state index is 14.2. The Morgan fingerprint density at radius 2 is 1.72 bits per heavy atom. The monoisotopic (exact) mass is 829 g/mol. The second-order valence-corrected chi connectivity index (χ2v) is 18.3. The summed E-state index contributed by atoms with van der Waals surface area (Å²) in [6, 6.07) is 3.85. The summed E-state index contributed by atoms with van der Waals surface area (Å²) in [5.41, 5.74) is 2.29. The Kier molecular flexibility index (Phi) is 13.3. The molecule has 5 atom stereocenters. The van der Waals surface area contributed by atoms with E-state index in [-0.39, 0.29) is 25.0 Å². The molecule has 0 radical (unpaired) electrons. The lowest BCUT2D eigenvalue weighted by Crippen LogP contribution is -2.52. The third kappa shape index (κ3) is 9.61. The number of hydrogen-bond acceptors (Lipinski definition) is 12. The molecule has 2 aliphatic carbocycles. The van der Waals surface area contributed by atoms with Gasteiger partial charge in [-0.05, 0) is 125 Å². The molecule has 1 aromatic rings. The highest BCUT2D eigenvalue weighted by molar-refractivity contribution is 5.86. The van der Waals surface area contributed by atoms with Crippen molar-refractivity contribution in [3.63, 3.8) is 0 Å². The van der Waals surface area contributed by atoms with E-state index in [9.17, 15) is 24.6 Å². The molecule has 0 saturated carbocycles. The molecule has 1 aromatic carbocycles. The summed E-state index contributed by atoms with van der Waals surface area (Å²) in [5.74, 6) is -1.40. The Bertz CT molecular complexity index is 2030. The van der Waals surface area contributed by atoms with Crippen molar-refractivity contribution in [1.29, 1.82) is 0 Å². The Morgan fingerprint density at radius 1 is 0.983 bits per heavy atom. The third-order valence-corrected chi connectivity index (χ3v) is 12.8. The number of aliphatic hydroxyl groups is 2. The zero-order valence-electron chi connectivity index (χ0n) is 36.7. The molecular weight excluding hydrogens is 767 g/mol. The van der Waals surface area contributed by atoms with E-state index in [2.05, 4.69) is 44.7 Å². The van der Waals surface area contributed by atoms with Crippen LogP contribution in [-0.4, -0.2) is 89.7 Å². The number of fused-ring (bicyclic) bond motifs is 3. The highest BCUT2D eigenvalue weighted by atomic mass is 16.7. The number of nitrogens with zero attached hydrogens (tertiary/aromatic N) is 1. The van der Waals surface area contributed by atoms with Crippen LogP contribution in [0.3, 0.4) is 0 Å². The van der Waals surface area contributed by atoms with Gasteiger partial charge in [-0.3, -0.25) is 9.69 Å². The van der Waals surface area contributed by atoms with E-state index in [1.807, 2.05) is 43.4 Å². The minimum absolute atomic E-state index is 0.00205. The summed E-state index contributed by atoms with van der Waals surface area (Å²) in [6.45, 7) is 14.5. The van der Waals surface area contributed by atoms with Gasteiger partial charge in [-0.25, -0.2) is 9.59 Å². The van der Waals surface area contributed by atoms with Crippen LogP contribution in [0.25, 0.3) is 0 Å². The first kappa shape index (κ1) is 44.9. The zero-order valence-corrected chi connectivity index (χ0v) is 36.7. The number of carbonyl (C=O) groups excluding carboxylic acids is 3. The predicted molar refractivity (Wildman–Crippen MR) is 226 cm³/mol. The number of benzene rings is 1. The maximum atomic E-state index is 14.2. The molecule has 60 heavy (non-hydrogen) atoms. The normalized spacial score (nSPS) is 26.2. The van der Waals surface area contributed by atoms with Crippen LogP contribution in [0.1, 0.15) is 117 Å². The van der Waals surface area contributed by atoms with E-state index in [1.54, 1.807) is 13.8 Å². The fourth-order valence-electron chi connectivity index (χ4n) is 9.56. The van der Waals surface area contributed by atoms with Gasteiger partial charge >= 0.3 is 17.9 Å². The lowest BCUT2D eigenvalue weighted by Gasteiger charge is -2.41. The zero-order chi connectivity index (χ0) is 43.6. The molecule has 0 bridgehead atoms. The van der Waals surface area contributed by atoms with Gasteiger partial charge in [0.25, 0.3) is 0 Å². The van der Waals surface area contributed by atoms with Gasteiger partial charge in [0.2, 0.25) is 6.79 Å². The smallest absolute Gasteiger partial charge is 0.339 e. The summed E-state index contributed by atoms with van der Waals surface area (Å²) in [4.78, 5) is 42.4. The summed E-state index contributed by atoms with van der Waals surface area (Å²) < 4.78 is 34.8. The van der Waals surface area contributed by atoms with Gasteiger partial charge in [0.15, 0.2) is 29.4 Å². The van der Waals surface area contributed by atoms with Crippen molar-refractivity contribution in [2.75, 3.05) is 27.6 Å². The molecule has 12 heteroatoms. The van der Waals surface area contributed by atoms with Crippen molar-refractivity contribution in [3.8, 4) is 11.5 Å². The van der Waals surface area contributed by atoms with Crippen molar-refractivity contribution in [2.24, 2.45) is 5.41 Å². The van der Waals surface area contributed by atoms with Crippen molar-refractivity contribution < 1.29 is 53.0 Å². The van der Waals surface area contributed by atoms with E-state index in [0.29, 0.717) is 43.1 Å². The fourth-order valence-corrected chi connectivity index (χ4v) is 9.56. The first-order chi connectivity index (χ1) is 28.3. The number of rotatable bonds is 14. The van der Waals surface area contributed by atoms with Crippen LogP contribution >= 0.6 is 0 Å². The minimum atomic E-state index is -2.30. The molecular formula is C48H63NO11. The predicted octanol–water partition coefficient (Wildman–Crippen LogP) is 7.59. The van der Waals surface area contributed by atoms with Gasteiger partial charge in [0.05, 0.1) is 37.7 Å². The van der Waals surface area contributed by atoms with Crippen LogP contribution in [0.4, 0.5) is 0 Å². The van der Waals surface area contributed by atoms with Crippen LogP contribution in [0.15, 0.2) is 82.7 Å². The van der Waals surface area contributed by atoms with E-state index >= 15 is 0 Å². The second kappa shape index (κ2) is 17.8. The Labute approximate surface area is 354 Å². The molecule has 2 unspecified atom stereocenters. The van der Waals surface area contributed by atoms with Crippen molar-refractivity contribution in [2.45, 2.75) is 141 Å². The Morgan fingerprint density at radius 3 is 2.40 bits per heavy atom. The average molecular weight is 830 g/mol. The standard InChI is InChI=1S/C48H63NO11/c1-30(15-16-35-32(3)14-11-19-45(35,4)5)12-10-13-31(2)24-40(50)59-39-17-20-47-27-38(55-8)43(60-44(52)48(54,28-41(51)56-9)22-21-46(6,7)53)42(47)34-26-37-36(57-29-58-37)25-33(34)18-23-49(39)47/h10,12-13,15-16,24-27,39,42-43,53-54H,11,14,17-23,28-29H2,1-9H3/b13-10+,16-15+,30-12+,31-24+/t39?,42-,43-,47+,48?/m1/s1. The van der Waals surface area contributed by atoms with E-state index in [1.165, 1.54) is 44.3 Å². The summed E-state index contributed by atoms with van der Waals surface area (Å²) in [7, 11) is 2.66. The van der Waals surface area contributed by atoms with Crippen LogP contribution in [0.2, 0.25) is 0 Å². The minimum Gasteiger partial charge on any atom is -0.497 e. The molecule has 1 spiro atoms. The SMILES string of the molecule is COC(=O)CC(O)(CCC(C)(C)O)C(=O)O[C@@H]1C(OC)=C[C@]23CCC(OC(=O)/C=C(C)/C=C/C=C(C)/C=C/C4=C(C)CCCC4(C)C)N2CCc2cc4c(cc2[C@H]13)OCO4. The molecule has 3 heterocycles. The first-order valence-corrected chi connectivity index (χ1v) is 21.1. The first-order valence-electron chi connectivity index (χ1n) is 21.1. The second-order valence-electron chi connectivity index (χ2n) is 18.3. The molecule has 12 nitrogen and oxygen atoms in total. The molecule has 3 aliphatic heterocycles. The van der Waals surface area contributed by atoms with Crippen molar-refractivity contribution in [3.05, 3.63) is 93.8 Å². The molecule has 6 rings (SSSR count). The summed E-state index contributed by atoms with van der Waals surface area (Å²) in [5, 5.41) is 22.2. The topological polar surface area (TPSA) is 150 Å². The van der Waals surface area contributed by atoms with Gasteiger partial charge in [-0.15, -0.1) is 0 Å². The quantitative estimate of drug-likeness (QED) is 0.0823. The lowest BCUT2D eigenvalue weighted by molar-refractivity contribution is -0.179. The van der Waals surface area contributed by atoms with Crippen LogP contribution in [0, 0.1) is 5.41 Å². The van der Waals surface area contributed by atoms with Gasteiger partial charge < -0.3 is 38.6 Å². The maximum Gasteiger partial charge on any atom is 0.339 e. The van der Waals surface area contributed by atoms with Gasteiger partial charge in [0.1, 0.15) is 5.76 Å². The molecule has 1 saturated heterocycles. The van der Waals surface area contributed by atoms with E-state index in [4.69, 9.17) is 28.4 Å².